The smallest absolute Gasteiger partial charge is 0.321 e. The molecule has 1 heterocycles. The van der Waals surface area contributed by atoms with Gasteiger partial charge >= 0.3 is 11.9 Å². The highest BCUT2D eigenvalue weighted by molar-refractivity contribution is 7.10. The molecule has 6 heteroatoms. The molecule has 18 heavy (non-hydrogen) atoms. The van der Waals surface area contributed by atoms with E-state index < -0.39 is 17.9 Å². The Morgan fingerprint density at radius 1 is 1.50 bits per heavy atom. The summed E-state index contributed by atoms with van der Waals surface area (Å²) in [5, 5.41) is 19.1. The lowest BCUT2D eigenvalue weighted by Gasteiger charge is -2.09. The van der Waals surface area contributed by atoms with Gasteiger partial charge in [-0.1, -0.05) is 12.5 Å². The summed E-state index contributed by atoms with van der Waals surface area (Å²) in [4.78, 5) is 22.8. The summed E-state index contributed by atoms with van der Waals surface area (Å²) >= 11 is 1.42. The summed E-state index contributed by atoms with van der Waals surface area (Å²) in [7, 11) is 0. The minimum Gasteiger partial charge on any atom is -0.481 e. The van der Waals surface area contributed by atoms with E-state index in [0.29, 0.717) is 19.3 Å². The van der Waals surface area contributed by atoms with Gasteiger partial charge in [-0.3, -0.25) is 9.59 Å². The van der Waals surface area contributed by atoms with Crippen molar-refractivity contribution in [1.29, 1.82) is 5.26 Å². The van der Waals surface area contributed by atoms with Crippen molar-refractivity contribution in [2.75, 3.05) is 0 Å². The van der Waals surface area contributed by atoms with Crippen molar-refractivity contribution < 1.29 is 19.4 Å². The standard InChI is InChI=1S/C12H13NO4S/c13-8-17-11(14)6-2-1-4-9(12(15)16)10-5-3-7-18-10/h3,5,7,9H,1-2,4,6H2,(H,15,16). The van der Waals surface area contributed by atoms with Crippen molar-refractivity contribution in [1.82, 2.24) is 0 Å². The number of ether oxygens (including phenoxy) is 1. The molecule has 0 aliphatic rings. The molecule has 1 unspecified atom stereocenters. The van der Waals surface area contributed by atoms with Gasteiger partial charge in [0.25, 0.3) is 6.26 Å². The first kappa shape index (κ1) is 14.2. The number of unbranched alkanes of at least 4 members (excludes halogenated alkanes) is 1. The maximum absolute atomic E-state index is 11.1. The molecule has 1 atom stereocenters. The Hall–Kier alpha value is -1.87. The van der Waals surface area contributed by atoms with Crippen LogP contribution in [0.25, 0.3) is 0 Å². The average molecular weight is 267 g/mol. The normalized spacial score (nSPS) is 11.5. The summed E-state index contributed by atoms with van der Waals surface area (Å²) in [6.45, 7) is 0. The van der Waals surface area contributed by atoms with Crippen molar-refractivity contribution in [3.05, 3.63) is 22.4 Å². The number of aliphatic carboxylic acids is 1. The second kappa shape index (κ2) is 7.45. The van der Waals surface area contributed by atoms with E-state index in [1.165, 1.54) is 17.6 Å². The molecule has 1 aromatic rings. The lowest BCUT2D eigenvalue weighted by Crippen LogP contribution is -2.10. The number of rotatable bonds is 7. The van der Waals surface area contributed by atoms with E-state index in [4.69, 9.17) is 10.4 Å². The average Bonchev–Trinajstić information content (AvgIpc) is 2.82. The van der Waals surface area contributed by atoms with Crippen molar-refractivity contribution in [2.45, 2.75) is 31.6 Å². The molecule has 0 spiro atoms. The highest BCUT2D eigenvalue weighted by Crippen LogP contribution is 2.26. The molecular weight excluding hydrogens is 254 g/mol. The number of carboxylic acid groups (broad SMARTS) is 1. The number of carboxylic acids is 1. The first-order valence-corrected chi connectivity index (χ1v) is 6.38. The maximum atomic E-state index is 11.1. The first-order valence-electron chi connectivity index (χ1n) is 5.50. The highest BCUT2D eigenvalue weighted by atomic mass is 32.1. The monoisotopic (exact) mass is 267 g/mol. The van der Waals surface area contributed by atoms with E-state index in [9.17, 15) is 9.59 Å². The zero-order valence-electron chi connectivity index (χ0n) is 9.67. The van der Waals surface area contributed by atoms with Gasteiger partial charge in [0.2, 0.25) is 0 Å². The molecule has 5 nitrogen and oxygen atoms in total. The third-order valence-corrected chi connectivity index (χ3v) is 3.45. The van der Waals surface area contributed by atoms with Crippen LogP contribution in [0.3, 0.4) is 0 Å². The molecule has 0 fully saturated rings. The molecular formula is C12H13NO4S. The van der Waals surface area contributed by atoms with Crippen LogP contribution in [0.2, 0.25) is 0 Å². The van der Waals surface area contributed by atoms with E-state index in [-0.39, 0.29) is 6.42 Å². The molecule has 96 valence electrons. The van der Waals surface area contributed by atoms with Crippen molar-refractivity contribution in [3.8, 4) is 6.26 Å². The number of hydrogen-bond acceptors (Lipinski definition) is 5. The van der Waals surface area contributed by atoms with Crippen LogP contribution >= 0.6 is 11.3 Å². The van der Waals surface area contributed by atoms with Crippen LogP contribution < -0.4 is 0 Å². The van der Waals surface area contributed by atoms with E-state index in [1.54, 1.807) is 6.07 Å². The number of esters is 1. The molecule has 0 saturated heterocycles. The Bertz CT molecular complexity index is 435. The van der Waals surface area contributed by atoms with Gasteiger partial charge < -0.3 is 9.84 Å². The van der Waals surface area contributed by atoms with Crippen LogP contribution in [0.1, 0.15) is 36.5 Å². The van der Waals surface area contributed by atoms with Gasteiger partial charge in [-0.25, -0.2) is 0 Å². The first-order chi connectivity index (χ1) is 8.65. The van der Waals surface area contributed by atoms with E-state index in [0.717, 1.165) is 4.88 Å². The van der Waals surface area contributed by atoms with Crippen LogP contribution in [0.15, 0.2) is 17.5 Å². The zero-order chi connectivity index (χ0) is 13.4. The number of nitrogens with zero attached hydrogens (tertiary/aromatic N) is 1. The quantitative estimate of drug-likeness (QED) is 0.466. The summed E-state index contributed by atoms with van der Waals surface area (Å²) in [5.74, 6) is -1.94. The third kappa shape index (κ3) is 4.55. The minimum atomic E-state index is -0.850. The Kier molecular flexibility index (Phi) is 5.88. The summed E-state index contributed by atoms with van der Waals surface area (Å²) in [6, 6.07) is 3.62. The number of hydrogen-bond donors (Lipinski definition) is 1. The fraction of sp³-hybridized carbons (Fsp3) is 0.417. The number of thiophene rings is 1. The van der Waals surface area contributed by atoms with Crippen LogP contribution in [0.4, 0.5) is 0 Å². The van der Waals surface area contributed by atoms with Gasteiger partial charge in [-0.15, -0.1) is 16.6 Å². The Balaban J connectivity index is 2.34. The molecule has 0 bridgehead atoms. The molecule has 1 N–H and O–H groups in total. The number of carbonyl (C=O) groups is 2. The number of carbonyl (C=O) groups excluding carboxylic acids is 1. The highest BCUT2D eigenvalue weighted by Gasteiger charge is 2.20. The Morgan fingerprint density at radius 3 is 2.83 bits per heavy atom. The second-order valence-electron chi connectivity index (χ2n) is 3.72. The maximum Gasteiger partial charge on any atom is 0.321 e. The Labute approximate surface area is 109 Å². The van der Waals surface area contributed by atoms with Gasteiger partial charge in [-0.05, 0) is 24.3 Å². The molecule has 1 rings (SSSR count). The van der Waals surface area contributed by atoms with Gasteiger partial charge in [0, 0.05) is 11.3 Å². The van der Waals surface area contributed by atoms with Gasteiger partial charge in [0.15, 0.2) is 0 Å². The molecule has 0 amide bonds. The summed E-state index contributed by atoms with van der Waals surface area (Å²) in [6.07, 6.45) is 3.07. The van der Waals surface area contributed by atoms with Crippen molar-refractivity contribution in [3.63, 3.8) is 0 Å². The topological polar surface area (TPSA) is 87.4 Å². The molecule has 0 saturated carbocycles. The fourth-order valence-electron chi connectivity index (χ4n) is 1.60. The molecule has 0 radical (unpaired) electrons. The predicted molar refractivity (Wildman–Crippen MR) is 64.9 cm³/mol. The largest absolute Gasteiger partial charge is 0.481 e. The van der Waals surface area contributed by atoms with Crippen LogP contribution in [-0.2, 0) is 14.3 Å². The summed E-state index contributed by atoms with van der Waals surface area (Å²) in [5.41, 5.74) is 0. The molecule has 0 aliphatic heterocycles. The minimum absolute atomic E-state index is 0.143. The lowest BCUT2D eigenvalue weighted by molar-refractivity contribution is -0.139. The Morgan fingerprint density at radius 2 is 2.28 bits per heavy atom. The fourth-order valence-corrected chi connectivity index (χ4v) is 2.45. The van der Waals surface area contributed by atoms with Crippen LogP contribution in [-0.4, -0.2) is 17.0 Å². The number of nitriles is 1. The van der Waals surface area contributed by atoms with Crippen LogP contribution in [0, 0.1) is 11.5 Å². The van der Waals surface area contributed by atoms with E-state index in [2.05, 4.69) is 4.74 Å². The van der Waals surface area contributed by atoms with Crippen molar-refractivity contribution in [2.24, 2.45) is 0 Å². The van der Waals surface area contributed by atoms with E-state index in [1.807, 2.05) is 11.4 Å². The SMILES string of the molecule is N#COC(=O)CCCCC(C(=O)O)c1cccs1. The third-order valence-electron chi connectivity index (χ3n) is 2.47. The molecule has 0 aromatic carbocycles. The zero-order valence-corrected chi connectivity index (χ0v) is 10.5. The molecule has 1 aromatic heterocycles. The predicted octanol–water partition coefficient (Wildman–Crippen LogP) is 2.50. The van der Waals surface area contributed by atoms with Gasteiger partial charge in [0.05, 0.1) is 5.92 Å². The lowest BCUT2D eigenvalue weighted by atomic mass is 10.00. The molecule has 0 aliphatic carbocycles. The van der Waals surface area contributed by atoms with Crippen molar-refractivity contribution >= 4 is 23.3 Å². The summed E-state index contributed by atoms with van der Waals surface area (Å²) < 4.78 is 4.12. The van der Waals surface area contributed by atoms with Crippen LogP contribution in [0.5, 0.6) is 0 Å². The second-order valence-corrected chi connectivity index (χ2v) is 4.70. The van der Waals surface area contributed by atoms with Gasteiger partial charge in [-0.2, -0.15) is 0 Å². The van der Waals surface area contributed by atoms with E-state index >= 15 is 0 Å². The van der Waals surface area contributed by atoms with Gasteiger partial charge in [0.1, 0.15) is 0 Å².